The fourth-order valence-corrected chi connectivity index (χ4v) is 2.19. The van der Waals surface area contributed by atoms with E-state index in [0.29, 0.717) is 5.56 Å². The number of aromatic amines is 1. The van der Waals surface area contributed by atoms with Gasteiger partial charge in [-0.05, 0) is 6.07 Å². The van der Waals surface area contributed by atoms with Gasteiger partial charge in [0.05, 0.1) is 17.3 Å². The first kappa shape index (κ1) is 10.3. The van der Waals surface area contributed by atoms with E-state index in [9.17, 15) is 4.79 Å². The van der Waals surface area contributed by atoms with Crippen molar-refractivity contribution in [3.63, 3.8) is 0 Å². The van der Waals surface area contributed by atoms with Crippen LogP contribution in [-0.2, 0) is 0 Å². The molecule has 1 aliphatic heterocycles. The molecule has 1 aromatic carbocycles. The zero-order valence-electron chi connectivity index (χ0n) is 9.44. The molecule has 1 saturated heterocycles. The number of nitrogens with zero attached hydrogens (tertiary/aromatic N) is 2. The number of H-pyrrole nitrogens is 1. The third kappa shape index (κ3) is 1.78. The van der Waals surface area contributed by atoms with E-state index in [1.165, 1.54) is 0 Å². The second-order valence-corrected chi connectivity index (χ2v) is 4.18. The molecule has 2 N–H and O–H groups in total. The number of fused-ring (bicyclic) bond motifs is 1. The Morgan fingerprint density at radius 2 is 2.12 bits per heavy atom. The van der Waals surface area contributed by atoms with Crippen molar-refractivity contribution in [2.24, 2.45) is 0 Å². The summed E-state index contributed by atoms with van der Waals surface area (Å²) in [6.45, 7) is 3.27. The Kier molecular flexibility index (Phi) is 2.53. The van der Waals surface area contributed by atoms with Gasteiger partial charge in [0.2, 0.25) is 0 Å². The van der Waals surface area contributed by atoms with Gasteiger partial charge in [0.25, 0.3) is 5.91 Å². The Morgan fingerprint density at radius 3 is 2.94 bits per heavy atom. The molecule has 1 aliphatic rings. The summed E-state index contributed by atoms with van der Waals surface area (Å²) in [7, 11) is 0. The average Bonchev–Trinajstić information content (AvgIpc) is 2.87. The van der Waals surface area contributed by atoms with Crippen LogP contribution < -0.4 is 5.32 Å². The topological polar surface area (TPSA) is 61.0 Å². The standard InChI is InChI=1S/C12H14N4O/c17-12(16-6-4-13-5-7-16)10-3-1-2-9-8-14-15-11(9)10/h1-3,8,13H,4-7H2,(H,14,15). The summed E-state index contributed by atoms with van der Waals surface area (Å²) in [6.07, 6.45) is 1.74. The zero-order chi connectivity index (χ0) is 11.7. The fraction of sp³-hybridized carbons (Fsp3) is 0.333. The summed E-state index contributed by atoms with van der Waals surface area (Å²) in [5.41, 5.74) is 1.54. The van der Waals surface area contributed by atoms with Crippen molar-refractivity contribution in [3.8, 4) is 0 Å². The molecule has 5 nitrogen and oxygen atoms in total. The minimum Gasteiger partial charge on any atom is -0.336 e. The summed E-state index contributed by atoms with van der Waals surface area (Å²) >= 11 is 0. The highest BCUT2D eigenvalue weighted by molar-refractivity contribution is 6.05. The van der Waals surface area contributed by atoms with Crippen molar-refractivity contribution >= 4 is 16.8 Å². The van der Waals surface area contributed by atoms with Gasteiger partial charge in [0, 0.05) is 31.6 Å². The van der Waals surface area contributed by atoms with Crippen LogP contribution in [0.1, 0.15) is 10.4 Å². The molecule has 3 rings (SSSR count). The molecule has 0 atom stereocenters. The van der Waals surface area contributed by atoms with E-state index in [0.717, 1.165) is 37.1 Å². The van der Waals surface area contributed by atoms with Crippen LogP contribution in [0.15, 0.2) is 24.4 Å². The zero-order valence-corrected chi connectivity index (χ0v) is 9.44. The molecule has 0 saturated carbocycles. The number of carbonyl (C=O) groups excluding carboxylic acids is 1. The smallest absolute Gasteiger partial charge is 0.256 e. The predicted molar refractivity (Wildman–Crippen MR) is 64.9 cm³/mol. The van der Waals surface area contributed by atoms with Gasteiger partial charge in [-0.2, -0.15) is 5.10 Å². The van der Waals surface area contributed by atoms with Crippen LogP contribution in [0, 0.1) is 0 Å². The maximum Gasteiger partial charge on any atom is 0.256 e. The van der Waals surface area contributed by atoms with E-state index >= 15 is 0 Å². The minimum atomic E-state index is 0.0846. The van der Waals surface area contributed by atoms with Gasteiger partial charge in [0.15, 0.2) is 0 Å². The summed E-state index contributed by atoms with van der Waals surface area (Å²) in [5.74, 6) is 0.0846. The van der Waals surface area contributed by atoms with Crippen LogP contribution in [0.25, 0.3) is 10.9 Å². The number of aromatic nitrogens is 2. The van der Waals surface area contributed by atoms with E-state index in [-0.39, 0.29) is 5.91 Å². The molecule has 1 fully saturated rings. The maximum absolute atomic E-state index is 12.4. The molecule has 0 unspecified atom stereocenters. The van der Waals surface area contributed by atoms with Crippen molar-refractivity contribution < 1.29 is 4.79 Å². The van der Waals surface area contributed by atoms with Gasteiger partial charge in [-0.1, -0.05) is 12.1 Å². The van der Waals surface area contributed by atoms with Crippen molar-refractivity contribution in [2.75, 3.05) is 26.2 Å². The molecular formula is C12H14N4O. The first-order valence-electron chi connectivity index (χ1n) is 5.78. The van der Waals surface area contributed by atoms with Crippen molar-refractivity contribution in [3.05, 3.63) is 30.0 Å². The third-order valence-corrected chi connectivity index (χ3v) is 3.11. The monoisotopic (exact) mass is 230 g/mol. The summed E-state index contributed by atoms with van der Waals surface area (Å²) < 4.78 is 0. The van der Waals surface area contributed by atoms with Crippen LogP contribution in [0.4, 0.5) is 0 Å². The quantitative estimate of drug-likeness (QED) is 0.754. The highest BCUT2D eigenvalue weighted by Crippen LogP contribution is 2.17. The summed E-state index contributed by atoms with van der Waals surface area (Å²) in [6, 6.07) is 5.70. The number of benzene rings is 1. The van der Waals surface area contributed by atoms with E-state index in [1.807, 2.05) is 23.1 Å². The van der Waals surface area contributed by atoms with Crippen LogP contribution in [-0.4, -0.2) is 47.2 Å². The third-order valence-electron chi connectivity index (χ3n) is 3.11. The van der Waals surface area contributed by atoms with Crippen LogP contribution in [0.3, 0.4) is 0 Å². The highest BCUT2D eigenvalue weighted by atomic mass is 16.2. The number of para-hydroxylation sites is 1. The number of hydrogen-bond donors (Lipinski definition) is 2. The van der Waals surface area contributed by atoms with Crippen molar-refractivity contribution in [1.29, 1.82) is 0 Å². The molecule has 17 heavy (non-hydrogen) atoms. The number of piperazine rings is 1. The molecule has 2 aromatic rings. The molecule has 1 amide bonds. The van der Waals surface area contributed by atoms with Gasteiger partial charge >= 0.3 is 0 Å². The summed E-state index contributed by atoms with van der Waals surface area (Å²) in [5, 5.41) is 11.1. The number of hydrogen-bond acceptors (Lipinski definition) is 3. The Bertz CT molecular complexity index is 542. The summed E-state index contributed by atoms with van der Waals surface area (Å²) in [4.78, 5) is 14.2. The van der Waals surface area contributed by atoms with E-state index in [1.54, 1.807) is 6.20 Å². The molecule has 1 aromatic heterocycles. The van der Waals surface area contributed by atoms with Crippen LogP contribution >= 0.6 is 0 Å². The number of nitrogens with one attached hydrogen (secondary N) is 2. The van der Waals surface area contributed by atoms with Crippen molar-refractivity contribution in [2.45, 2.75) is 0 Å². The van der Waals surface area contributed by atoms with Gasteiger partial charge < -0.3 is 10.2 Å². The second-order valence-electron chi connectivity index (χ2n) is 4.18. The van der Waals surface area contributed by atoms with Crippen LogP contribution in [0.2, 0.25) is 0 Å². The van der Waals surface area contributed by atoms with E-state index in [4.69, 9.17) is 0 Å². The Labute approximate surface area is 98.8 Å². The second kappa shape index (κ2) is 4.18. The Hall–Kier alpha value is -1.88. The molecule has 88 valence electrons. The first-order chi connectivity index (χ1) is 8.36. The number of rotatable bonds is 1. The first-order valence-corrected chi connectivity index (χ1v) is 5.78. The predicted octanol–water partition coefficient (Wildman–Crippen LogP) is 0.608. The SMILES string of the molecule is O=C(c1cccc2cn[nH]c12)N1CCNCC1. The lowest BCUT2D eigenvalue weighted by molar-refractivity contribution is 0.0737. The average molecular weight is 230 g/mol. The van der Waals surface area contributed by atoms with Gasteiger partial charge in [0.1, 0.15) is 0 Å². The lowest BCUT2D eigenvalue weighted by Gasteiger charge is -2.27. The molecule has 0 bridgehead atoms. The van der Waals surface area contributed by atoms with Gasteiger partial charge in [-0.3, -0.25) is 9.89 Å². The highest BCUT2D eigenvalue weighted by Gasteiger charge is 2.20. The van der Waals surface area contributed by atoms with Gasteiger partial charge in [-0.15, -0.1) is 0 Å². The Morgan fingerprint density at radius 1 is 1.29 bits per heavy atom. The van der Waals surface area contributed by atoms with E-state index < -0.39 is 0 Å². The molecule has 0 aliphatic carbocycles. The molecule has 0 radical (unpaired) electrons. The largest absolute Gasteiger partial charge is 0.336 e. The fourth-order valence-electron chi connectivity index (χ4n) is 2.19. The molecule has 0 spiro atoms. The lowest BCUT2D eigenvalue weighted by atomic mass is 10.1. The molecular weight excluding hydrogens is 216 g/mol. The van der Waals surface area contributed by atoms with Crippen molar-refractivity contribution in [1.82, 2.24) is 20.4 Å². The number of amides is 1. The lowest BCUT2D eigenvalue weighted by Crippen LogP contribution is -2.46. The van der Waals surface area contributed by atoms with E-state index in [2.05, 4.69) is 15.5 Å². The van der Waals surface area contributed by atoms with Crippen LogP contribution in [0.5, 0.6) is 0 Å². The van der Waals surface area contributed by atoms with Gasteiger partial charge in [-0.25, -0.2) is 0 Å². The maximum atomic E-state index is 12.4. The number of carbonyl (C=O) groups is 1. The molecule has 5 heteroatoms. The Balaban J connectivity index is 1.97. The minimum absolute atomic E-state index is 0.0846. The normalized spacial score (nSPS) is 16.4. The molecule has 2 heterocycles.